The largest absolute Gasteiger partial charge is 0.478 e. The van der Waals surface area contributed by atoms with E-state index >= 15 is 0 Å². The molecule has 5 heteroatoms. The molecule has 0 unspecified atom stereocenters. The molecule has 1 aliphatic heterocycles. The Balaban J connectivity index is 2.32. The number of piperidine rings is 1. The zero-order valence-corrected chi connectivity index (χ0v) is 9.14. The molecule has 0 radical (unpaired) electrons. The molecule has 1 fully saturated rings. The molecule has 1 aliphatic rings. The summed E-state index contributed by atoms with van der Waals surface area (Å²) in [6.07, 6.45) is 3.97. The zero-order valence-electron chi connectivity index (χ0n) is 9.14. The molecule has 0 aliphatic carbocycles. The fraction of sp³-hybridized carbons (Fsp3) is 0.455. The van der Waals surface area contributed by atoms with E-state index in [9.17, 15) is 9.59 Å². The Bertz CT molecular complexity index is 436. The van der Waals surface area contributed by atoms with Crippen molar-refractivity contribution in [2.24, 2.45) is 7.05 Å². The molecule has 1 amide bonds. The predicted molar refractivity (Wildman–Crippen MR) is 58.6 cm³/mol. The van der Waals surface area contributed by atoms with Crippen LogP contribution in [0.2, 0.25) is 0 Å². The monoisotopic (exact) mass is 222 g/mol. The first-order valence-electron chi connectivity index (χ1n) is 5.29. The smallest absolute Gasteiger partial charge is 0.337 e. The van der Waals surface area contributed by atoms with E-state index in [4.69, 9.17) is 5.11 Å². The van der Waals surface area contributed by atoms with E-state index in [-0.39, 0.29) is 11.5 Å². The van der Waals surface area contributed by atoms with Gasteiger partial charge in [0.2, 0.25) is 5.91 Å². The van der Waals surface area contributed by atoms with Crippen LogP contribution in [0.5, 0.6) is 0 Å². The number of hydrogen-bond acceptors (Lipinski definition) is 2. The Hall–Kier alpha value is -1.78. The van der Waals surface area contributed by atoms with Gasteiger partial charge >= 0.3 is 5.97 Å². The van der Waals surface area contributed by atoms with Gasteiger partial charge in [-0.25, -0.2) is 4.79 Å². The molecule has 1 N–H and O–H groups in total. The molecule has 2 heterocycles. The second kappa shape index (κ2) is 4.00. The number of carboxylic acid groups (broad SMARTS) is 1. The number of carbonyl (C=O) groups is 2. The number of aryl methyl sites for hydroxylation is 1. The third-order valence-electron chi connectivity index (χ3n) is 2.83. The molecule has 1 saturated heterocycles. The van der Waals surface area contributed by atoms with E-state index in [1.165, 1.54) is 6.20 Å². The maximum absolute atomic E-state index is 11.7. The summed E-state index contributed by atoms with van der Waals surface area (Å²) in [6, 6.07) is 1.55. The predicted octanol–water partition coefficient (Wildman–Crippen LogP) is 1.24. The topological polar surface area (TPSA) is 62.5 Å². The standard InChI is InChI=1S/C11H14N2O3/c1-12-7-8(11(15)16)6-9(12)13-5-3-2-4-10(13)14/h6-7H,2-5H2,1H3,(H,15,16). The van der Waals surface area contributed by atoms with Crippen molar-refractivity contribution in [1.82, 2.24) is 4.57 Å². The summed E-state index contributed by atoms with van der Waals surface area (Å²) in [7, 11) is 1.75. The first kappa shape index (κ1) is 10.7. The average molecular weight is 222 g/mol. The number of carbonyl (C=O) groups excluding carboxylic acids is 1. The highest BCUT2D eigenvalue weighted by Gasteiger charge is 2.23. The van der Waals surface area contributed by atoms with Gasteiger partial charge in [0.05, 0.1) is 5.56 Å². The number of rotatable bonds is 2. The van der Waals surface area contributed by atoms with Gasteiger partial charge in [0.1, 0.15) is 5.82 Å². The van der Waals surface area contributed by atoms with E-state index in [0.717, 1.165) is 12.8 Å². The van der Waals surface area contributed by atoms with Crippen LogP contribution in [0.25, 0.3) is 0 Å². The van der Waals surface area contributed by atoms with Crippen LogP contribution in [-0.4, -0.2) is 28.1 Å². The second-order valence-electron chi connectivity index (χ2n) is 4.01. The van der Waals surface area contributed by atoms with E-state index in [1.54, 1.807) is 22.6 Å². The molecule has 0 spiro atoms. The van der Waals surface area contributed by atoms with E-state index < -0.39 is 5.97 Å². The number of amides is 1. The lowest BCUT2D eigenvalue weighted by atomic mass is 10.1. The first-order valence-corrected chi connectivity index (χ1v) is 5.29. The van der Waals surface area contributed by atoms with Gasteiger partial charge < -0.3 is 9.67 Å². The third-order valence-corrected chi connectivity index (χ3v) is 2.83. The van der Waals surface area contributed by atoms with Gasteiger partial charge in [-0.15, -0.1) is 0 Å². The fourth-order valence-electron chi connectivity index (χ4n) is 1.99. The van der Waals surface area contributed by atoms with Crippen LogP contribution < -0.4 is 4.90 Å². The SMILES string of the molecule is Cn1cc(C(=O)O)cc1N1CCCCC1=O. The summed E-state index contributed by atoms with van der Waals surface area (Å²) in [4.78, 5) is 24.2. The number of carboxylic acids is 1. The highest BCUT2D eigenvalue weighted by atomic mass is 16.4. The van der Waals surface area contributed by atoms with Gasteiger partial charge in [-0.1, -0.05) is 0 Å². The van der Waals surface area contributed by atoms with Crippen molar-refractivity contribution in [2.45, 2.75) is 19.3 Å². The number of hydrogen-bond donors (Lipinski definition) is 1. The van der Waals surface area contributed by atoms with Crippen molar-refractivity contribution >= 4 is 17.7 Å². The van der Waals surface area contributed by atoms with Gasteiger partial charge in [-0.05, 0) is 18.9 Å². The van der Waals surface area contributed by atoms with Crippen molar-refractivity contribution in [2.75, 3.05) is 11.4 Å². The zero-order chi connectivity index (χ0) is 11.7. The molecular weight excluding hydrogens is 208 g/mol. The van der Waals surface area contributed by atoms with Crippen molar-refractivity contribution in [1.29, 1.82) is 0 Å². The van der Waals surface area contributed by atoms with Crippen LogP contribution in [0.4, 0.5) is 5.82 Å². The number of nitrogens with zero attached hydrogens (tertiary/aromatic N) is 2. The molecule has 0 saturated carbocycles. The van der Waals surface area contributed by atoms with Gasteiger partial charge in [-0.3, -0.25) is 9.69 Å². The molecule has 0 aromatic carbocycles. The molecule has 16 heavy (non-hydrogen) atoms. The highest BCUT2D eigenvalue weighted by molar-refractivity contribution is 5.95. The lowest BCUT2D eigenvalue weighted by Crippen LogP contribution is -2.36. The summed E-state index contributed by atoms with van der Waals surface area (Å²) in [5, 5.41) is 8.87. The van der Waals surface area contributed by atoms with Crippen LogP contribution in [0, 0.1) is 0 Å². The van der Waals surface area contributed by atoms with Gasteiger partial charge in [-0.2, -0.15) is 0 Å². The Morgan fingerprint density at radius 3 is 2.75 bits per heavy atom. The van der Waals surface area contributed by atoms with Crippen LogP contribution >= 0.6 is 0 Å². The van der Waals surface area contributed by atoms with Crippen molar-refractivity contribution < 1.29 is 14.7 Å². The molecule has 0 bridgehead atoms. The number of aromatic carboxylic acids is 1. The molecule has 1 aromatic rings. The molecular formula is C11H14N2O3. The summed E-state index contributed by atoms with van der Waals surface area (Å²) in [6.45, 7) is 0.676. The lowest BCUT2D eigenvalue weighted by molar-refractivity contribution is -0.119. The Labute approximate surface area is 93.3 Å². The number of anilines is 1. The molecule has 5 nitrogen and oxygen atoms in total. The van der Waals surface area contributed by atoms with Crippen molar-refractivity contribution in [3.8, 4) is 0 Å². The van der Waals surface area contributed by atoms with Crippen LogP contribution in [0.1, 0.15) is 29.6 Å². The Kier molecular flexibility index (Phi) is 2.68. The van der Waals surface area contributed by atoms with Gasteiger partial charge in [0.25, 0.3) is 0 Å². The van der Waals surface area contributed by atoms with E-state index in [2.05, 4.69) is 0 Å². The van der Waals surface area contributed by atoms with Gasteiger partial charge in [0.15, 0.2) is 0 Å². The fourth-order valence-corrected chi connectivity index (χ4v) is 1.99. The quantitative estimate of drug-likeness (QED) is 0.818. The van der Waals surface area contributed by atoms with Crippen LogP contribution in [-0.2, 0) is 11.8 Å². The summed E-state index contributed by atoms with van der Waals surface area (Å²) in [5.74, 6) is -0.224. The number of aromatic nitrogens is 1. The second-order valence-corrected chi connectivity index (χ2v) is 4.01. The van der Waals surface area contributed by atoms with Crippen molar-refractivity contribution in [3.05, 3.63) is 17.8 Å². The Morgan fingerprint density at radius 1 is 1.44 bits per heavy atom. The first-order chi connectivity index (χ1) is 7.59. The minimum absolute atomic E-state index is 0.0735. The molecule has 1 aromatic heterocycles. The minimum Gasteiger partial charge on any atom is -0.478 e. The van der Waals surface area contributed by atoms with E-state index in [1.807, 2.05) is 0 Å². The maximum Gasteiger partial charge on any atom is 0.337 e. The van der Waals surface area contributed by atoms with Gasteiger partial charge in [0, 0.05) is 26.2 Å². The maximum atomic E-state index is 11.7. The summed E-state index contributed by atoms with van der Waals surface area (Å²) < 4.78 is 1.69. The highest BCUT2D eigenvalue weighted by Crippen LogP contribution is 2.22. The molecule has 0 atom stereocenters. The minimum atomic E-state index is -0.966. The van der Waals surface area contributed by atoms with E-state index in [0.29, 0.717) is 18.8 Å². The van der Waals surface area contributed by atoms with Crippen molar-refractivity contribution in [3.63, 3.8) is 0 Å². The third kappa shape index (κ3) is 1.80. The summed E-state index contributed by atoms with van der Waals surface area (Å²) in [5.41, 5.74) is 0.218. The summed E-state index contributed by atoms with van der Waals surface area (Å²) >= 11 is 0. The lowest BCUT2D eigenvalue weighted by Gasteiger charge is -2.26. The van der Waals surface area contributed by atoms with Crippen LogP contribution in [0.3, 0.4) is 0 Å². The average Bonchev–Trinajstić information content (AvgIpc) is 2.61. The molecule has 86 valence electrons. The Morgan fingerprint density at radius 2 is 2.19 bits per heavy atom. The van der Waals surface area contributed by atoms with Crippen LogP contribution in [0.15, 0.2) is 12.3 Å². The normalized spacial score (nSPS) is 16.6. The molecule has 2 rings (SSSR count).